The minimum absolute atomic E-state index is 0.365. The summed E-state index contributed by atoms with van der Waals surface area (Å²) in [6, 6.07) is 25.4. The van der Waals surface area contributed by atoms with Crippen molar-refractivity contribution in [2.75, 3.05) is 11.5 Å². The molecule has 0 aromatic heterocycles. The maximum atomic E-state index is 13.4. The van der Waals surface area contributed by atoms with Crippen molar-refractivity contribution in [2.24, 2.45) is 0 Å². The van der Waals surface area contributed by atoms with Gasteiger partial charge in [0.05, 0.1) is 27.7 Å². The number of carbonyl (C=O) groups is 3. The molecule has 0 atom stereocenters. The summed E-state index contributed by atoms with van der Waals surface area (Å²) in [6.07, 6.45) is 1.74. The van der Waals surface area contributed by atoms with Crippen molar-refractivity contribution in [3.05, 3.63) is 100 Å². The minimum Gasteiger partial charge on any atom is -0.462 e. The van der Waals surface area contributed by atoms with Crippen molar-refractivity contribution < 1.29 is 19.1 Å². The van der Waals surface area contributed by atoms with Gasteiger partial charge in [0.25, 0.3) is 11.8 Å². The Morgan fingerprint density at radius 2 is 1.26 bits per heavy atom. The highest BCUT2D eigenvalue weighted by molar-refractivity contribution is 8.08. The van der Waals surface area contributed by atoms with Gasteiger partial charge in [0.2, 0.25) is 0 Å². The number of hydrogen-bond acceptors (Lipinski definition) is 6. The quantitative estimate of drug-likeness (QED) is 0.199. The van der Waals surface area contributed by atoms with Crippen LogP contribution in [0.4, 0.5) is 5.69 Å². The molecular formula is C27H23NO4S2. The van der Waals surface area contributed by atoms with Gasteiger partial charge in [0.15, 0.2) is 0 Å². The molecule has 3 aromatic carbocycles. The van der Waals surface area contributed by atoms with Gasteiger partial charge in [-0.15, -0.1) is 0 Å². The number of anilines is 1. The number of unbranched alkanes of at least 4 members (excludes halogenated alkanes) is 1. The summed E-state index contributed by atoms with van der Waals surface area (Å²) in [5, 5.41) is 0. The van der Waals surface area contributed by atoms with Crippen molar-refractivity contribution >= 4 is 47.0 Å². The van der Waals surface area contributed by atoms with Crippen molar-refractivity contribution in [2.45, 2.75) is 29.6 Å². The number of hydrogen-bond donors (Lipinski definition) is 0. The fourth-order valence-corrected chi connectivity index (χ4v) is 5.28. The number of carbonyl (C=O) groups excluding carboxylic acids is 3. The van der Waals surface area contributed by atoms with Gasteiger partial charge < -0.3 is 4.74 Å². The van der Waals surface area contributed by atoms with Crippen molar-refractivity contribution in [1.29, 1.82) is 0 Å². The number of benzene rings is 3. The first-order valence-corrected chi connectivity index (χ1v) is 12.6. The van der Waals surface area contributed by atoms with E-state index in [1.165, 1.54) is 28.4 Å². The standard InChI is InChI=1S/C27H23NO4S2/c1-2-3-18-32-27(31)19-14-16-20(17-15-19)28-25(29)23(33-21-10-6-4-7-11-21)24(26(28)30)34-22-12-8-5-9-13-22/h4-17H,2-3,18H2,1H3. The van der Waals surface area contributed by atoms with Crippen LogP contribution in [-0.2, 0) is 14.3 Å². The summed E-state index contributed by atoms with van der Waals surface area (Å²) in [4.78, 5) is 42.8. The summed E-state index contributed by atoms with van der Waals surface area (Å²) < 4.78 is 5.24. The van der Waals surface area contributed by atoms with E-state index in [4.69, 9.17) is 4.74 Å². The molecule has 0 saturated carbocycles. The smallest absolute Gasteiger partial charge is 0.338 e. The second-order valence-corrected chi connectivity index (χ2v) is 9.64. The lowest BCUT2D eigenvalue weighted by molar-refractivity contribution is -0.120. The zero-order valence-electron chi connectivity index (χ0n) is 18.6. The van der Waals surface area contributed by atoms with E-state index in [-0.39, 0.29) is 11.8 Å². The molecule has 3 aromatic rings. The third-order valence-electron chi connectivity index (χ3n) is 5.02. The zero-order chi connectivity index (χ0) is 23.9. The number of thioether (sulfide) groups is 2. The Bertz CT molecular complexity index is 1140. The lowest BCUT2D eigenvalue weighted by atomic mass is 10.2. The summed E-state index contributed by atoms with van der Waals surface area (Å²) in [7, 11) is 0. The molecule has 0 aliphatic carbocycles. The summed E-state index contributed by atoms with van der Waals surface area (Å²) >= 11 is 2.56. The fraction of sp³-hybridized carbons (Fsp3) is 0.148. The fourth-order valence-electron chi connectivity index (χ4n) is 3.26. The average Bonchev–Trinajstić information content (AvgIpc) is 3.09. The highest BCUT2D eigenvalue weighted by Crippen LogP contribution is 2.43. The van der Waals surface area contributed by atoms with Gasteiger partial charge in [-0.1, -0.05) is 73.3 Å². The van der Waals surface area contributed by atoms with Crippen LogP contribution in [0.3, 0.4) is 0 Å². The Hall–Kier alpha value is -3.29. The number of rotatable bonds is 9. The normalized spacial score (nSPS) is 13.5. The van der Waals surface area contributed by atoms with E-state index in [2.05, 4.69) is 0 Å². The molecule has 0 saturated heterocycles. The summed E-state index contributed by atoms with van der Waals surface area (Å²) in [5.74, 6) is -1.18. The molecule has 0 N–H and O–H groups in total. The molecule has 172 valence electrons. The molecule has 34 heavy (non-hydrogen) atoms. The number of ether oxygens (including phenoxy) is 1. The summed E-state index contributed by atoms with van der Waals surface area (Å²) in [6.45, 7) is 2.39. The van der Waals surface area contributed by atoms with Gasteiger partial charge in [-0.2, -0.15) is 0 Å². The number of esters is 1. The molecule has 1 aliphatic heterocycles. The average molecular weight is 490 g/mol. The topological polar surface area (TPSA) is 63.7 Å². The van der Waals surface area contributed by atoms with E-state index in [1.54, 1.807) is 24.3 Å². The number of nitrogens with zero attached hydrogens (tertiary/aromatic N) is 1. The molecule has 5 nitrogen and oxygen atoms in total. The molecule has 1 aliphatic rings. The van der Waals surface area contributed by atoms with Crippen LogP contribution in [-0.4, -0.2) is 24.4 Å². The Morgan fingerprint density at radius 1 is 0.765 bits per heavy atom. The lowest BCUT2D eigenvalue weighted by Crippen LogP contribution is -2.31. The molecule has 0 fully saturated rings. The van der Waals surface area contributed by atoms with E-state index < -0.39 is 5.97 Å². The largest absolute Gasteiger partial charge is 0.462 e. The van der Waals surface area contributed by atoms with Gasteiger partial charge in [-0.05, 0) is 55.0 Å². The molecule has 2 amide bonds. The van der Waals surface area contributed by atoms with Crippen molar-refractivity contribution in [3.63, 3.8) is 0 Å². The minimum atomic E-state index is -0.419. The Morgan fingerprint density at radius 3 is 1.74 bits per heavy atom. The first-order valence-electron chi connectivity index (χ1n) is 10.9. The lowest BCUT2D eigenvalue weighted by Gasteiger charge is -2.15. The third kappa shape index (κ3) is 5.43. The molecule has 1 heterocycles. The molecule has 0 unspecified atom stereocenters. The summed E-state index contributed by atoms with van der Waals surface area (Å²) in [5.41, 5.74) is 0.791. The second kappa shape index (κ2) is 11.2. The predicted octanol–water partition coefficient (Wildman–Crippen LogP) is 6.31. The van der Waals surface area contributed by atoms with Gasteiger partial charge in [0.1, 0.15) is 0 Å². The molecule has 4 rings (SSSR count). The molecule has 7 heteroatoms. The van der Waals surface area contributed by atoms with Crippen LogP contribution in [0.2, 0.25) is 0 Å². The number of amides is 2. The highest BCUT2D eigenvalue weighted by Gasteiger charge is 2.40. The Labute approximate surface area is 207 Å². The first kappa shape index (κ1) is 23.9. The van der Waals surface area contributed by atoms with Crippen LogP contribution < -0.4 is 4.90 Å². The Kier molecular flexibility index (Phi) is 7.87. The molecule has 0 radical (unpaired) electrons. The maximum absolute atomic E-state index is 13.4. The van der Waals surface area contributed by atoms with Crippen LogP contribution in [0.1, 0.15) is 30.1 Å². The number of imide groups is 1. The van der Waals surface area contributed by atoms with E-state index in [0.29, 0.717) is 27.7 Å². The molecular weight excluding hydrogens is 466 g/mol. The van der Waals surface area contributed by atoms with Gasteiger partial charge in [-0.25, -0.2) is 9.69 Å². The van der Waals surface area contributed by atoms with Gasteiger partial charge in [-0.3, -0.25) is 9.59 Å². The van der Waals surface area contributed by atoms with Crippen LogP contribution in [0.5, 0.6) is 0 Å². The van der Waals surface area contributed by atoms with Gasteiger partial charge in [0, 0.05) is 9.79 Å². The third-order valence-corrected chi connectivity index (χ3v) is 7.33. The van der Waals surface area contributed by atoms with E-state index in [1.807, 2.05) is 67.6 Å². The van der Waals surface area contributed by atoms with Crippen molar-refractivity contribution in [1.82, 2.24) is 0 Å². The predicted molar refractivity (Wildman–Crippen MR) is 136 cm³/mol. The maximum Gasteiger partial charge on any atom is 0.338 e. The Balaban J connectivity index is 1.60. The van der Waals surface area contributed by atoms with E-state index >= 15 is 0 Å². The van der Waals surface area contributed by atoms with Crippen LogP contribution in [0.15, 0.2) is 105 Å². The first-order chi connectivity index (χ1) is 16.6. The molecule has 0 spiro atoms. The van der Waals surface area contributed by atoms with E-state index in [9.17, 15) is 14.4 Å². The molecule has 0 bridgehead atoms. The zero-order valence-corrected chi connectivity index (χ0v) is 20.2. The van der Waals surface area contributed by atoms with Crippen LogP contribution >= 0.6 is 23.5 Å². The van der Waals surface area contributed by atoms with Crippen LogP contribution in [0.25, 0.3) is 0 Å². The SMILES string of the molecule is CCCCOC(=O)c1ccc(N2C(=O)C(Sc3ccccc3)=C(Sc3ccccc3)C2=O)cc1. The van der Waals surface area contributed by atoms with Crippen LogP contribution in [0, 0.1) is 0 Å². The van der Waals surface area contributed by atoms with Gasteiger partial charge >= 0.3 is 5.97 Å². The monoisotopic (exact) mass is 489 g/mol. The second-order valence-electron chi connectivity index (χ2n) is 7.47. The highest BCUT2D eigenvalue weighted by atomic mass is 32.2. The van der Waals surface area contributed by atoms with E-state index in [0.717, 1.165) is 22.6 Å². The van der Waals surface area contributed by atoms with Crippen molar-refractivity contribution in [3.8, 4) is 0 Å².